The van der Waals surface area contributed by atoms with Gasteiger partial charge in [0.15, 0.2) is 0 Å². The van der Waals surface area contributed by atoms with Gasteiger partial charge in [0.25, 0.3) is 0 Å². The first-order chi connectivity index (χ1) is 14.0. The molecule has 1 aromatic heterocycles. The number of hydrogen-bond acceptors (Lipinski definition) is 3. The molecule has 0 saturated carbocycles. The number of hydrogen-bond donors (Lipinski definition) is 4. The summed E-state index contributed by atoms with van der Waals surface area (Å²) < 4.78 is 0. The molecule has 150 valence electrons. The van der Waals surface area contributed by atoms with Crippen LogP contribution in [0.2, 0.25) is 0 Å². The van der Waals surface area contributed by atoms with Gasteiger partial charge in [-0.1, -0.05) is 56.3 Å². The van der Waals surface area contributed by atoms with Gasteiger partial charge in [-0.05, 0) is 35.2 Å². The fraction of sp³-hybridized carbons (Fsp3) is 0.227. The first-order valence-corrected chi connectivity index (χ1v) is 9.52. The quantitative estimate of drug-likeness (QED) is 0.496. The molecule has 3 aromatic rings. The van der Waals surface area contributed by atoms with Crippen molar-refractivity contribution in [2.24, 2.45) is 5.92 Å². The second-order valence-electron chi connectivity index (χ2n) is 7.07. The molecule has 1 atom stereocenters. The Morgan fingerprint density at radius 1 is 1.00 bits per heavy atom. The van der Waals surface area contributed by atoms with Gasteiger partial charge < -0.3 is 16.0 Å². The number of H-pyrrole nitrogens is 1. The minimum Gasteiger partial charge on any atom is -0.334 e. The van der Waals surface area contributed by atoms with Gasteiger partial charge in [-0.3, -0.25) is 9.89 Å². The maximum atomic E-state index is 12.7. The lowest BCUT2D eigenvalue weighted by Gasteiger charge is -2.22. The molecule has 0 radical (unpaired) electrons. The fourth-order valence-electron chi connectivity index (χ4n) is 2.88. The SMILES string of the molecule is CC(C)C(NC(=O)NCc1ccccc1)C(=O)Nc1ccc(-c2ccn[nH]2)cc1. The number of carbonyl (C=O) groups is 2. The lowest BCUT2D eigenvalue weighted by Crippen LogP contribution is -2.50. The first-order valence-electron chi connectivity index (χ1n) is 9.52. The Morgan fingerprint density at radius 3 is 2.34 bits per heavy atom. The summed E-state index contributed by atoms with van der Waals surface area (Å²) in [5, 5.41) is 15.3. The van der Waals surface area contributed by atoms with Gasteiger partial charge in [0.2, 0.25) is 5.91 Å². The molecule has 2 aromatic carbocycles. The zero-order valence-electron chi connectivity index (χ0n) is 16.5. The summed E-state index contributed by atoms with van der Waals surface area (Å²) >= 11 is 0. The molecule has 0 saturated heterocycles. The van der Waals surface area contributed by atoms with Crippen molar-refractivity contribution in [3.8, 4) is 11.3 Å². The Morgan fingerprint density at radius 2 is 1.72 bits per heavy atom. The Hall–Kier alpha value is -3.61. The van der Waals surface area contributed by atoms with Gasteiger partial charge in [0, 0.05) is 18.4 Å². The minimum absolute atomic E-state index is 0.0678. The summed E-state index contributed by atoms with van der Waals surface area (Å²) in [4.78, 5) is 25.0. The zero-order valence-corrected chi connectivity index (χ0v) is 16.5. The molecule has 4 N–H and O–H groups in total. The van der Waals surface area contributed by atoms with E-state index in [4.69, 9.17) is 0 Å². The van der Waals surface area contributed by atoms with E-state index in [1.54, 1.807) is 6.20 Å². The zero-order chi connectivity index (χ0) is 20.6. The van der Waals surface area contributed by atoms with Crippen molar-refractivity contribution in [2.45, 2.75) is 26.4 Å². The van der Waals surface area contributed by atoms with Gasteiger partial charge >= 0.3 is 6.03 Å². The van der Waals surface area contributed by atoms with Crippen LogP contribution < -0.4 is 16.0 Å². The molecule has 1 unspecified atom stereocenters. The fourth-order valence-corrected chi connectivity index (χ4v) is 2.88. The molecule has 0 aliphatic rings. The third-order valence-corrected chi connectivity index (χ3v) is 4.50. The number of aromatic nitrogens is 2. The highest BCUT2D eigenvalue weighted by atomic mass is 16.2. The Bertz CT molecular complexity index is 922. The number of urea groups is 1. The van der Waals surface area contributed by atoms with Crippen LogP contribution in [-0.4, -0.2) is 28.2 Å². The van der Waals surface area contributed by atoms with Gasteiger partial charge in [-0.25, -0.2) is 4.79 Å². The van der Waals surface area contributed by atoms with Crippen LogP contribution in [0, 0.1) is 5.92 Å². The maximum Gasteiger partial charge on any atom is 0.315 e. The molecule has 7 heteroatoms. The molecule has 0 aliphatic heterocycles. The molecule has 3 rings (SSSR count). The van der Waals surface area contributed by atoms with Gasteiger partial charge in [-0.2, -0.15) is 5.10 Å². The predicted octanol–water partition coefficient (Wildman–Crippen LogP) is 3.54. The molecule has 0 spiro atoms. The smallest absolute Gasteiger partial charge is 0.315 e. The third kappa shape index (κ3) is 5.68. The molecular formula is C22H25N5O2. The van der Waals surface area contributed by atoms with E-state index >= 15 is 0 Å². The summed E-state index contributed by atoms with van der Waals surface area (Å²) in [5.41, 5.74) is 3.53. The molecule has 0 aliphatic carbocycles. The van der Waals surface area contributed by atoms with Crippen LogP contribution in [0.3, 0.4) is 0 Å². The van der Waals surface area contributed by atoms with Crippen molar-refractivity contribution in [3.05, 3.63) is 72.4 Å². The average Bonchev–Trinajstić information content (AvgIpc) is 3.26. The number of rotatable bonds is 7. The van der Waals surface area contributed by atoms with Crippen LogP contribution in [0.5, 0.6) is 0 Å². The number of anilines is 1. The molecule has 7 nitrogen and oxygen atoms in total. The topological polar surface area (TPSA) is 98.9 Å². The molecule has 3 amide bonds. The highest BCUT2D eigenvalue weighted by Crippen LogP contribution is 2.19. The van der Waals surface area contributed by atoms with Crippen LogP contribution in [0.15, 0.2) is 66.9 Å². The monoisotopic (exact) mass is 391 g/mol. The summed E-state index contributed by atoms with van der Waals surface area (Å²) in [6.07, 6.45) is 1.69. The van der Waals surface area contributed by atoms with Crippen molar-refractivity contribution in [1.82, 2.24) is 20.8 Å². The summed E-state index contributed by atoms with van der Waals surface area (Å²) in [7, 11) is 0. The van der Waals surface area contributed by atoms with E-state index in [0.29, 0.717) is 12.2 Å². The van der Waals surface area contributed by atoms with Crippen LogP contribution in [-0.2, 0) is 11.3 Å². The lowest BCUT2D eigenvalue weighted by atomic mass is 10.0. The Balaban J connectivity index is 1.56. The van der Waals surface area contributed by atoms with E-state index in [1.807, 2.05) is 74.5 Å². The first kappa shape index (κ1) is 20.1. The second kappa shape index (κ2) is 9.54. The minimum atomic E-state index is -0.655. The van der Waals surface area contributed by atoms with E-state index in [0.717, 1.165) is 16.8 Å². The van der Waals surface area contributed by atoms with Crippen LogP contribution in [0.1, 0.15) is 19.4 Å². The number of nitrogens with zero attached hydrogens (tertiary/aromatic N) is 1. The number of carbonyl (C=O) groups excluding carboxylic acids is 2. The standard InChI is InChI=1S/C22H25N5O2/c1-15(2)20(26-22(29)23-14-16-6-4-3-5-7-16)21(28)25-18-10-8-17(9-11-18)19-12-13-24-27-19/h3-13,15,20H,14H2,1-2H3,(H,24,27)(H,25,28)(H2,23,26,29). The number of nitrogens with one attached hydrogen (secondary N) is 4. The van der Waals surface area contributed by atoms with Crippen molar-refractivity contribution in [1.29, 1.82) is 0 Å². The maximum absolute atomic E-state index is 12.7. The third-order valence-electron chi connectivity index (χ3n) is 4.50. The molecular weight excluding hydrogens is 366 g/mol. The highest BCUT2D eigenvalue weighted by molar-refractivity contribution is 5.97. The molecule has 0 bridgehead atoms. The van der Waals surface area contributed by atoms with Crippen LogP contribution in [0.4, 0.5) is 10.5 Å². The number of aromatic amines is 1. The average molecular weight is 391 g/mol. The highest BCUT2D eigenvalue weighted by Gasteiger charge is 2.24. The normalized spacial score (nSPS) is 11.7. The van der Waals surface area contributed by atoms with Gasteiger partial charge in [-0.15, -0.1) is 0 Å². The van der Waals surface area contributed by atoms with E-state index in [1.165, 1.54) is 0 Å². The van der Waals surface area contributed by atoms with Crippen LogP contribution in [0.25, 0.3) is 11.3 Å². The van der Waals surface area contributed by atoms with Crippen molar-refractivity contribution in [3.63, 3.8) is 0 Å². The Kier molecular flexibility index (Phi) is 6.63. The number of benzene rings is 2. The lowest BCUT2D eigenvalue weighted by molar-refractivity contribution is -0.118. The van der Waals surface area contributed by atoms with Crippen molar-refractivity contribution in [2.75, 3.05) is 5.32 Å². The number of amides is 3. The molecule has 0 fully saturated rings. The van der Waals surface area contributed by atoms with E-state index < -0.39 is 6.04 Å². The largest absolute Gasteiger partial charge is 0.334 e. The summed E-state index contributed by atoms with van der Waals surface area (Å²) in [6, 6.07) is 17.9. The summed E-state index contributed by atoms with van der Waals surface area (Å²) in [5.74, 6) is -0.328. The van der Waals surface area contributed by atoms with Gasteiger partial charge in [0.05, 0.1) is 5.69 Å². The molecule has 1 heterocycles. The van der Waals surface area contributed by atoms with Crippen molar-refractivity contribution >= 4 is 17.6 Å². The second-order valence-corrected chi connectivity index (χ2v) is 7.07. The van der Waals surface area contributed by atoms with Crippen LogP contribution >= 0.6 is 0 Å². The molecule has 29 heavy (non-hydrogen) atoms. The van der Waals surface area contributed by atoms with Crippen molar-refractivity contribution < 1.29 is 9.59 Å². The van der Waals surface area contributed by atoms with E-state index in [2.05, 4.69) is 26.1 Å². The predicted molar refractivity (Wildman–Crippen MR) is 113 cm³/mol. The van der Waals surface area contributed by atoms with E-state index in [-0.39, 0.29) is 17.9 Å². The van der Waals surface area contributed by atoms with Gasteiger partial charge in [0.1, 0.15) is 6.04 Å². The summed E-state index contributed by atoms with van der Waals surface area (Å²) in [6.45, 7) is 4.18. The Labute approximate surface area is 169 Å². The van der Waals surface area contributed by atoms with E-state index in [9.17, 15) is 9.59 Å².